The Morgan fingerprint density at radius 1 is 1.80 bits per heavy atom. The van der Waals surface area contributed by atoms with Crippen LogP contribution in [-0.4, -0.2) is 35.4 Å². The molecule has 26 valence electrons. The zero-order valence-corrected chi connectivity index (χ0v) is 3.13. The number of hydrogen-bond acceptors (Lipinski definition) is 0. The monoisotopic (exact) mass is 100 g/mol. The first-order valence-corrected chi connectivity index (χ1v) is 1.62. The van der Waals surface area contributed by atoms with E-state index in [2.05, 4.69) is 6.58 Å². The predicted octanol–water partition coefficient (Wildman–Crippen LogP) is 0.763. The van der Waals surface area contributed by atoms with Crippen LogP contribution in [0, 0.1) is 0 Å². The topological polar surface area (TPSA) is 0 Å². The number of alkyl halides is 1. The third-order valence-electron chi connectivity index (χ3n) is 0.109. The molecule has 0 saturated heterocycles. The molecule has 0 aliphatic rings. The van der Waals surface area contributed by atoms with E-state index in [0.29, 0.717) is 5.88 Å². The molecule has 5 heavy (non-hydrogen) atoms. The van der Waals surface area contributed by atoms with Crippen LogP contribution in [0.2, 0.25) is 0 Å². The first kappa shape index (κ1) is 9.39. The SMILES string of the molecule is C=CCCl.[NaH]. The molecule has 0 nitrogen and oxygen atoms in total. The van der Waals surface area contributed by atoms with E-state index in [4.69, 9.17) is 11.6 Å². The zero-order valence-electron chi connectivity index (χ0n) is 2.37. The normalized spacial score (nSPS) is 5.00. The van der Waals surface area contributed by atoms with Gasteiger partial charge < -0.3 is 0 Å². The summed E-state index contributed by atoms with van der Waals surface area (Å²) in [5, 5.41) is 0. The van der Waals surface area contributed by atoms with Crippen molar-refractivity contribution in [2.45, 2.75) is 0 Å². The van der Waals surface area contributed by atoms with Crippen molar-refractivity contribution in [3.05, 3.63) is 12.7 Å². The van der Waals surface area contributed by atoms with Crippen molar-refractivity contribution in [1.82, 2.24) is 0 Å². The standard InChI is InChI=1S/C3H5Cl.Na.H/c1-2-3-4;;/h2H,1,3H2;;. The van der Waals surface area contributed by atoms with E-state index in [1.807, 2.05) is 0 Å². The van der Waals surface area contributed by atoms with Gasteiger partial charge in [-0.3, -0.25) is 0 Å². The van der Waals surface area contributed by atoms with Crippen molar-refractivity contribution >= 4 is 41.2 Å². The third kappa shape index (κ3) is 11.2. The van der Waals surface area contributed by atoms with Crippen molar-refractivity contribution in [1.29, 1.82) is 0 Å². The van der Waals surface area contributed by atoms with Crippen molar-refractivity contribution in [2.24, 2.45) is 0 Å². The molecule has 0 fully saturated rings. The molecular weight excluding hydrogens is 94.5 g/mol. The fraction of sp³-hybridized carbons (Fsp3) is 0.333. The molecular formula is C3H6ClNa. The quantitative estimate of drug-likeness (QED) is 0.259. The summed E-state index contributed by atoms with van der Waals surface area (Å²) in [6, 6.07) is 0. The summed E-state index contributed by atoms with van der Waals surface area (Å²) in [5.74, 6) is 0.556. The van der Waals surface area contributed by atoms with Gasteiger partial charge in [0.15, 0.2) is 0 Å². The molecule has 2 heteroatoms. The van der Waals surface area contributed by atoms with Crippen LogP contribution in [-0.2, 0) is 0 Å². The van der Waals surface area contributed by atoms with Gasteiger partial charge in [0.2, 0.25) is 0 Å². The molecule has 0 spiro atoms. The van der Waals surface area contributed by atoms with Crippen molar-refractivity contribution in [3.63, 3.8) is 0 Å². The molecule has 0 N–H and O–H groups in total. The number of halogens is 1. The van der Waals surface area contributed by atoms with Gasteiger partial charge in [0.25, 0.3) is 0 Å². The summed E-state index contributed by atoms with van der Waals surface area (Å²) < 4.78 is 0. The van der Waals surface area contributed by atoms with E-state index in [1.54, 1.807) is 6.08 Å². The molecule has 0 aromatic heterocycles. The summed E-state index contributed by atoms with van der Waals surface area (Å²) in [4.78, 5) is 0. The summed E-state index contributed by atoms with van der Waals surface area (Å²) >= 11 is 5.07. The zero-order chi connectivity index (χ0) is 3.41. The van der Waals surface area contributed by atoms with Crippen LogP contribution in [0.3, 0.4) is 0 Å². The Morgan fingerprint density at radius 2 is 2.00 bits per heavy atom. The maximum absolute atomic E-state index is 5.07. The van der Waals surface area contributed by atoms with Crippen LogP contribution in [0.25, 0.3) is 0 Å². The minimum atomic E-state index is 0. The Balaban J connectivity index is 0. The average Bonchev–Trinajstić information content (AvgIpc) is 1.37. The molecule has 0 bridgehead atoms. The summed E-state index contributed by atoms with van der Waals surface area (Å²) in [6.45, 7) is 3.35. The summed E-state index contributed by atoms with van der Waals surface area (Å²) in [6.07, 6.45) is 1.64. The Hall–Kier alpha value is 1.03. The molecule has 0 heterocycles. The van der Waals surface area contributed by atoms with Crippen LogP contribution in [0.5, 0.6) is 0 Å². The molecule has 0 amide bonds. The van der Waals surface area contributed by atoms with Gasteiger partial charge in [0.05, 0.1) is 0 Å². The van der Waals surface area contributed by atoms with E-state index < -0.39 is 0 Å². The van der Waals surface area contributed by atoms with Crippen molar-refractivity contribution in [3.8, 4) is 0 Å². The van der Waals surface area contributed by atoms with Crippen molar-refractivity contribution in [2.75, 3.05) is 5.88 Å². The second-order valence-electron chi connectivity index (χ2n) is 0.443. The van der Waals surface area contributed by atoms with Gasteiger partial charge in [-0.15, -0.1) is 18.2 Å². The third-order valence-corrected chi connectivity index (χ3v) is 0.327. The fourth-order valence-electron chi connectivity index (χ4n) is 0. The number of allylic oxidation sites excluding steroid dienone is 1. The molecule has 0 atom stereocenters. The van der Waals surface area contributed by atoms with E-state index in [0.717, 1.165) is 0 Å². The average molecular weight is 101 g/mol. The second-order valence-corrected chi connectivity index (χ2v) is 0.752. The molecule has 0 aliphatic carbocycles. The van der Waals surface area contributed by atoms with Crippen LogP contribution in [0.15, 0.2) is 12.7 Å². The molecule has 0 aliphatic heterocycles. The van der Waals surface area contributed by atoms with Crippen molar-refractivity contribution < 1.29 is 0 Å². The Labute approximate surface area is 59.5 Å². The molecule has 0 radical (unpaired) electrons. The number of rotatable bonds is 1. The van der Waals surface area contributed by atoms with Gasteiger partial charge in [0, 0.05) is 5.88 Å². The molecule has 0 aromatic carbocycles. The van der Waals surface area contributed by atoms with E-state index in [9.17, 15) is 0 Å². The van der Waals surface area contributed by atoms with Gasteiger partial charge in [-0.2, -0.15) is 0 Å². The van der Waals surface area contributed by atoms with E-state index >= 15 is 0 Å². The Morgan fingerprint density at radius 3 is 2.00 bits per heavy atom. The number of hydrogen-bond donors (Lipinski definition) is 0. The van der Waals surface area contributed by atoms with Gasteiger partial charge in [-0.25, -0.2) is 0 Å². The second kappa shape index (κ2) is 8.90. The molecule has 0 aromatic rings. The minimum absolute atomic E-state index is 0. The molecule has 0 rings (SSSR count). The Bertz CT molecular complexity index is 20.9. The van der Waals surface area contributed by atoms with Crippen LogP contribution >= 0.6 is 11.6 Å². The summed E-state index contributed by atoms with van der Waals surface area (Å²) in [5.41, 5.74) is 0. The van der Waals surface area contributed by atoms with E-state index in [-0.39, 0.29) is 29.6 Å². The van der Waals surface area contributed by atoms with Crippen LogP contribution in [0.1, 0.15) is 0 Å². The molecule has 0 unspecified atom stereocenters. The van der Waals surface area contributed by atoms with Crippen LogP contribution < -0.4 is 0 Å². The van der Waals surface area contributed by atoms with Gasteiger partial charge in [-0.05, 0) is 0 Å². The summed E-state index contributed by atoms with van der Waals surface area (Å²) in [7, 11) is 0. The maximum atomic E-state index is 5.07. The van der Waals surface area contributed by atoms with E-state index in [1.165, 1.54) is 0 Å². The molecule has 0 saturated carbocycles. The van der Waals surface area contributed by atoms with Gasteiger partial charge >= 0.3 is 29.6 Å². The first-order chi connectivity index (χ1) is 1.91. The first-order valence-electron chi connectivity index (χ1n) is 1.08. The van der Waals surface area contributed by atoms with Crippen LogP contribution in [0.4, 0.5) is 0 Å². The Kier molecular flexibility index (Phi) is 16.7. The van der Waals surface area contributed by atoms with Gasteiger partial charge in [0.1, 0.15) is 0 Å². The fourth-order valence-corrected chi connectivity index (χ4v) is 0. The predicted molar refractivity (Wildman–Crippen MR) is 28.1 cm³/mol. The van der Waals surface area contributed by atoms with Gasteiger partial charge in [-0.1, -0.05) is 6.08 Å².